The van der Waals surface area contributed by atoms with Gasteiger partial charge < -0.3 is 10.8 Å². The maximum absolute atomic E-state index is 11.7. The van der Waals surface area contributed by atoms with Crippen LogP contribution in [-0.2, 0) is 10.8 Å². The van der Waals surface area contributed by atoms with Crippen LogP contribution in [0.25, 0.3) is 0 Å². The Balaban J connectivity index is 2.75. The van der Waals surface area contributed by atoms with Gasteiger partial charge in [-0.15, -0.1) is 0 Å². The van der Waals surface area contributed by atoms with Gasteiger partial charge >= 0.3 is 0 Å². The Labute approximate surface area is 86.4 Å². The SMILES string of the molecule is Cc1ccccc1S(=O)CC(O)CN. The topological polar surface area (TPSA) is 63.3 Å². The van der Waals surface area contributed by atoms with Crippen molar-refractivity contribution in [2.75, 3.05) is 12.3 Å². The molecule has 1 aromatic carbocycles. The zero-order chi connectivity index (χ0) is 10.6. The minimum absolute atomic E-state index is 0.150. The molecule has 0 amide bonds. The molecule has 0 aliphatic carbocycles. The van der Waals surface area contributed by atoms with Crippen LogP contribution in [0.5, 0.6) is 0 Å². The molecule has 3 N–H and O–H groups in total. The first-order valence-corrected chi connectivity index (χ1v) is 5.79. The highest BCUT2D eigenvalue weighted by Crippen LogP contribution is 2.12. The number of aliphatic hydroxyl groups is 1. The highest BCUT2D eigenvalue weighted by Gasteiger charge is 2.11. The number of aryl methyl sites for hydroxylation is 1. The number of hydrogen-bond acceptors (Lipinski definition) is 3. The maximum atomic E-state index is 11.7. The Morgan fingerprint density at radius 1 is 1.50 bits per heavy atom. The van der Waals surface area contributed by atoms with Crippen molar-refractivity contribution in [3.05, 3.63) is 29.8 Å². The fourth-order valence-electron chi connectivity index (χ4n) is 1.14. The minimum Gasteiger partial charge on any atom is -0.391 e. The fraction of sp³-hybridized carbons (Fsp3) is 0.400. The molecule has 0 spiro atoms. The van der Waals surface area contributed by atoms with E-state index in [2.05, 4.69) is 0 Å². The lowest BCUT2D eigenvalue weighted by atomic mass is 10.2. The highest BCUT2D eigenvalue weighted by atomic mass is 32.2. The second-order valence-electron chi connectivity index (χ2n) is 3.17. The predicted molar refractivity (Wildman–Crippen MR) is 57.5 cm³/mol. The van der Waals surface area contributed by atoms with Gasteiger partial charge in [0.1, 0.15) is 0 Å². The lowest BCUT2D eigenvalue weighted by Crippen LogP contribution is -2.26. The van der Waals surface area contributed by atoms with Crippen molar-refractivity contribution in [2.45, 2.75) is 17.9 Å². The zero-order valence-corrected chi connectivity index (χ0v) is 8.96. The third-order valence-electron chi connectivity index (χ3n) is 1.95. The van der Waals surface area contributed by atoms with Crippen molar-refractivity contribution >= 4 is 10.8 Å². The third kappa shape index (κ3) is 2.90. The molecule has 78 valence electrons. The Hall–Kier alpha value is -0.710. The van der Waals surface area contributed by atoms with Gasteiger partial charge in [0.25, 0.3) is 0 Å². The Morgan fingerprint density at radius 2 is 2.14 bits per heavy atom. The monoisotopic (exact) mass is 213 g/mol. The smallest absolute Gasteiger partial charge is 0.0781 e. The molecule has 0 saturated carbocycles. The lowest BCUT2D eigenvalue weighted by Gasteiger charge is -2.08. The molecule has 1 aromatic rings. The molecule has 0 heterocycles. The van der Waals surface area contributed by atoms with E-state index in [0.29, 0.717) is 0 Å². The average Bonchev–Trinajstić information content (AvgIpc) is 2.18. The molecule has 2 unspecified atom stereocenters. The van der Waals surface area contributed by atoms with Gasteiger partial charge in [0.05, 0.1) is 22.7 Å². The van der Waals surface area contributed by atoms with E-state index in [1.165, 1.54) is 0 Å². The van der Waals surface area contributed by atoms with Gasteiger partial charge in [0.15, 0.2) is 0 Å². The molecule has 14 heavy (non-hydrogen) atoms. The van der Waals surface area contributed by atoms with Crippen LogP contribution < -0.4 is 5.73 Å². The third-order valence-corrected chi connectivity index (χ3v) is 3.59. The molecule has 0 bridgehead atoms. The maximum Gasteiger partial charge on any atom is 0.0781 e. The van der Waals surface area contributed by atoms with E-state index in [1.54, 1.807) is 0 Å². The van der Waals surface area contributed by atoms with Gasteiger partial charge in [-0.3, -0.25) is 4.21 Å². The summed E-state index contributed by atoms with van der Waals surface area (Å²) in [5, 5.41) is 9.26. The highest BCUT2D eigenvalue weighted by molar-refractivity contribution is 7.85. The summed E-state index contributed by atoms with van der Waals surface area (Å²) < 4.78 is 11.7. The minimum atomic E-state index is -1.15. The van der Waals surface area contributed by atoms with Crippen molar-refractivity contribution < 1.29 is 9.32 Å². The fourth-order valence-corrected chi connectivity index (χ4v) is 2.47. The Bertz CT molecular complexity index is 328. The molecule has 0 aliphatic heterocycles. The molecular formula is C10H15NO2S. The van der Waals surface area contributed by atoms with Crippen LogP contribution in [0, 0.1) is 6.92 Å². The van der Waals surface area contributed by atoms with Gasteiger partial charge in [0, 0.05) is 11.4 Å². The number of rotatable bonds is 4. The second kappa shape index (κ2) is 5.24. The molecule has 4 heteroatoms. The molecule has 0 aliphatic rings. The number of hydrogen-bond donors (Lipinski definition) is 2. The van der Waals surface area contributed by atoms with Crippen molar-refractivity contribution in [3.63, 3.8) is 0 Å². The Kier molecular flexibility index (Phi) is 4.25. The van der Waals surface area contributed by atoms with Crippen molar-refractivity contribution in [1.82, 2.24) is 0 Å². The summed E-state index contributed by atoms with van der Waals surface area (Å²) in [6.07, 6.45) is -0.685. The first-order valence-electron chi connectivity index (χ1n) is 4.47. The van der Waals surface area contributed by atoms with Crippen LogP contribution in [0.4, 0.5) is 0 Å². The number of aliphatic hydroxyl groups excluding tert-OH is 1. The van der Waals surface area contributed by atoms with E-state index in [1.807, 2.05) is 31.2 Å². The van der Waals surface area contributed by atoms with Crippen LogP contribution in [0.15, 0.2) is 29.2 Å². The molecule has 3 nitrogen and oxygen atoms in total. The predicted octanol–water partition coefficient (Wildman–Crippen LogP) is 0.422. The van der Waals surface area contributed by atoms with Gasteiger partial charge in [-0.2, -0.15) is 0 Å². The second-order valence-corrected chi connectivity index (χ2v) is 4.63. The van der Waals surface area contributed by atoms with Crippen LogP contribution in [0.3, 0.4) is 0 Å². The summed E-state index contributed by atoms with van der Waals surface area (Å²) in [6, 6.07) is 7.46. The standard InChI is InChI=1S/C10H15NO2S/c1-8-4-2-3-5-10(8)14(13)7-9(12)6-11/h2-5,9,12H,6-7,11H2,1H3. The summed E-state index contributed by atoms with van der Waals surface area (Å²) in [5.41, 5.74) is 6.23. The quantitative estimate of drug-likeness (QED) is 0.762. The normalized spacial score (nSPS) is 15.1. The summed E-state index contributed by atoms with van der Waals surface area (Å²) in [7, 11) is -1.15. The summed E-state index contributed by atoms with van der Waals surface area (Å²) in [4.78, 5) is 0.778. The zero-order valence-electron chi connectivity index (χ0n) is 8.14. The van der Waals surface area contributed by atoms with Gasteiger partial charge in [-0.1, -0.05) is 18.2 Å². The summed E-state index contributed by atoms with van der Waals surface area (Å²) >= 11 is 0. The van der Waals surface area contributed by atoms with Gasteiger partial charge in [0.2, 0.25) is 0 Å². The van der Waals surface area contributed by atoms with E-state index < -0.39 is 16.9 Å². The van der Waals surface area contributed by atoms with E-state index >= 15 is 0 Å². The van der Waals surface area contributed by atoms with Gasteiger partial charge in [-0.05, 0) is 18.6 Å². The summed E-state index contributed by atoms with van der Waals surface area (Å²) in [6.45, 7) is 2.06. The molecule has 1 rings (SSSR count). The van der Waals surface area contributed by atoms with Gasteiger partial charge in [-0.25, -0.2) is 0 Å². The number of benzene rings is 1. The average molecular weight is 213 g/mol. The van der Waals surface area contributed by atoms with Crippen LogP contribution in [0.1, 0.15) is 5.56 Å². The molecule has 2 atom stereocenters. The summed E-state index contributed by atoms with van der Waals surface area (Å²) in [5.74, 6) is 0.210. The van der Waals surface area contributed by atoms with E-state index in [9.17, 15) is 9.32 Å². The molecule has 0 aromatic heterocycles. The van der Waals surface area contributed by atoms with Crippen LogP contribution >= 0.6 is 0 Å². The van der Waals surface area contributed by atoms with Crippen LogP contribution in [0.2, 0.25) is 0 Å². The molecular weight excluding hydrogens is 198 g/mol. The Morgan fingerprint density at radius 3 is 2.71 bits per heavy atom. The molecule has 0 saturated heterocycles. The first-order chi connectivity index (χ1) is 6.65. The van der Waals surface area contributed by atoms with Crippen molar-refractivity contribution in [2.24, 2.45) is 5.73 Å². The first kappa shape index (κ1) is 11.4. The largest absolute Gasteiger partial charge is 0.391 e. The molecule has 0 fully saturated rings. The van der Waals surface area contributed by atoms with E-state index in [0.717, 1.165) is 10.5 Å². The number of nitrogens with two attached hydrogens (primary N) is 1. The molecule has 0 radical (unpaired) electrons. The van der Waals surface area contributed by atoms with Crippen LogP contribution in [-0.4, -0.2) is 27.7 Å². The van der Waals surface area contributed by atoms with Crippen molar-refractivity contribution in [3.8, 4) is 0 Å². The van der Waals surface area contributed by atoms with E-state index in [4.69, 9.17) is 5.73 Å². The van der Waals surface area contributed by atoms with Crippen molar-refractivity contribution in [1.29, 1.82) is 0 Å². The van der Waals surface area contributed by atoms with E-state index in [-0.39, 0.29) is 12.3 Å². The lowest BCUT2D eigenvalue weighted by molar-refractivity contribution is 0.207.